The Bertz CT molecular complexity index is 1490. The van der Waals surface area contributed by atoms with Gasteiger partial charge in [0, 0.05) is 45.3 Å². The summed E-state index contributed by atoms with van der Waals surface area (Å²) in [5.41, 5.74) is 10.8. The molecule has 3 nitrogen and oxygen atoms in total. The number of benzene rings is 2. The third kappa shape index (κ3) is 2.15. The lowest BCUT2D eigenvalue weighted by Crippen LogP contribution is -2.16. The summed E-state index contributed by atoms with van der Waals surface area (Å²) in [6.45, 7) is 8.70. The molecule has 1 aliphatic rings. The van der Waals surface area contributed by atoms with Crippen LogP contribution in [0, 0.1) is 13.8 Å². The van der Waals surface area contributed by atoms with Crippen molar-refractivity contribution in [2.45, 2.75) is 33.1 Å². The fourth-order valence-electron chi connectivity index (χ4n) is 5.01. The van der Waals surface area contributed by atoms with Crippen molar-refractivity contribution in [2.75, 3.05) is 0 Å². The summed E-state index contributed by atoms with van der Waals surface area (Å²) in [4.78, 5) is 9.38. The van der Waals surface area contributed by atoms with Crippen molar-refractivity contribution < 1.29 is 4.42 Å². The van der Waals surface area contributed by atoms with Gasteiger partial charge in [0.2, 0.25) is 0 Å². The Morgan fingerprint density at radius 3 is 2.37 bits per heavy atom. The second-order valence-electron chi connectivity index (χ2n) is 8.84. The van der Waals surface area contributed by atoms with Crippen LogP contribution < -0.4 is 0 Å². The van der Waals surface area contributed by atoms with Gasteiger partial charge in [-0.3, -0.25) is 9.97 Å². The Morgan fingerprint density at radius 2 is 1.57 bits per heavy atom. The highest BCUT2D eigenvalue weighted by Crippen LogP contribution is 2.52. The van der Waals surface area contributed by atoms with Gasteiger partial charge in [-0.2, -0.15) is 0 Å². The minimum Gasteiger partial charge on any atom is -0.455 e. The maximum Gasteiger partial charge on any atom is 0.145 e. The molecule has 6 rings (SSSR count). The maximum atomic E-state index is 6.68. The second-order valence-corrected chi connectivity index (χ2v) is 8.84. The molecule has 0 spiro atoms. The highest BCUT2D eigenvalue weighted by Gasteiger charge is 2.39. The van der Waals surface area contributed by atoms with Gasteiger partial charge in [-0.25, -0.2) is 0 Å². The Balaban J connectivity index is 1.76. The van der Waals surface area contributed by atoms with Crippen molar-refractivity contribution in [3.63, 3.8) is 0 Å². The first-order valence-electron chi connectivity index (χ1n) is 10.3. The highest BCUT2D eigenvalue weighted by atomic mass is 16.3. The number of nitrogens with zero attached hydrogens (tertiary/aromatic N) is 2. The number of aryl methyl sites for hydroxylation is 2. The molecule has 0 bridgehead atoms. The summed E-state index contributed by atoms with van der Waals surface area (Å²) < 4.78 is 6.68. The minimum absolute atomic E-state index is 0.143. The number of aromatic nitrogens is 2. The Kier molecular flexibility index (Phi) is 3.36. The molecule has 0 atom stereocenters. The number of rotatable bonds is 1. The van der Waals surface area contributed by atoms with Gasteiger partial charge in [-0.1, -0.05) is 44.2 Å². The molecule has 0 N–H and O–H groups in total. The van der Waals surface area contributed by atoms with Gasteiger partial charge in [0.1, 0.15) is 11.2 Å². The van der Waals surface area contributed by atoms with Crippen LogP contribution in [0.3, 0.4) is 0 Å². The Morgan fingerprint density at radius 1 is 0.800 bits per heavy atom. The van der Waals surface area contributed by atoms with E-state index in [2.05, 4.69) is 69.1 Å². The molecule has 30 heavy (non-hydrogen) atoms. The first-order chi connectivity index (χ1) is 14.5. The smallest absolute Gasteiger partial charge is 0.145 e. The topological polar surface area (TPSA) is 38.9 Å². The first-order valence-corrected chi connectivity index (χ1v) is 10.3. The van der Waals surface area contributed by atoms with Crippen LogP contribution in [0.5, 0.6) is 0 Å². The fourth-order valence-corrected chi connectivity index (χ4v) is 5.01. The standard InChI is InChI=1S/C27H22N2O/c1-15-11-13-28-21(14-15)22-16(2)7-8-17-18-9-10-20-23(25(18)30-24(17)22)19-6-5-12-29-26(19)27(20,3)4/h5-14H,1-4H3. The molecule has 2 aromatic carbocycles. The van der Waals surface area contributed by atoms with Crippen molar-refractivity contribution >= 4 is 21.9 Å². The molecule has 0 radical (unpaired) electrons. The van der Waals surface area contributed by atoms with Crippen molar-refractivity contribution in [3.05, 3.63) is 83.3 Å². The zero-order chi connectivity index (χ0) is 20.6. The predicted molar refractivity (Wildman–Crippen MR) is 122 cm³/mol. The van der Waals surface area contributed by atoms with E-state index in [4.69, 9.17) is 9.40 Å². The largest absolute Gasteiger partial charge is 0.455 e. The average Bonchev–Trinajstić information content (AvgIpc) is 3.21. The van der Waals surface area contributed by atoms with Crippen LogP contribution in [-0.2, 0) is 5.41 Å². The number of furan rings is 1. The van der Waals surface area contributed by atoms with E-state index >= 15 is 0 Å². The Hall–Kier alpha value is -3.46. The quantitative estimate of drug-likeness (QED) is 0.310. The van der Waals surface area contributed by atoms with Gasteiger partial charge in [0.05, 0.1) is 11.4 Å². The lowest BCUT2D eigenvalue weighted by molar-refractivity contribution is 0.634. The summed E-state index contributed by atoms with van der Waals surface area (Å²) in [5, 5.41) is 2.28. The molecule has 146 valence electrons. The normalized spacial score (nSPS) is 14.3. The third-order valence-electron chi connectivity index (χ3n) is 6.53. The zero-order valence-corrected chi connectivity index (χ0v) is 17.6. The fraction of sp³-hybridized carbons (Fsp3) is 0.185. The zero-order valence-electron chi connectivity index (χ0n) is 17.6. The van der Waals surface area contributed by atoms with E-state index in [1.807, 2.05) is 24.5 Å². The van der Waals surface area contributed by atoms with Crippen LogP contribution in [0.25, 0.3) is 44.3 Å². The van der Waals surface area contributed by atoms with Gasteiger partial charge >= 0.3 is 0 Å². The molecular weight excluding hydrogens is 368 g/mol. The highest BCUT2D eigenvalue weighted by molar-refractivity contribution is 6.14. The van der Waals surface area contributed by atoms with Crippen molar-refractivity contribution in [3.8, 4) is 22.4 Å². The average molecular weight is 390 g/mol. The molecule has 5 aromatic rings. The summed E-state index contributed by atoms with van der Waals surface area (Å²) in [7, 11) is 0. The molecule has 3 aromatic heterocycles. The van der Waals surface area contributed by atoms with E-state index < -0.39 is 0 Å². The van der Waals surface area contributed by atoms with E-state index in [-0.39, 0.29) is 5.41 Å². The molecule has 3 heteroatoms. The summed E-state index contributed by atoms with van der Waals surface area (Å²) in [6, 6.07) is 17.1. The van der Waals surface area contributed by atoms with E-state index in [0.717, 1.165) is 38.9 Å². The van der Waals surface area contributed by atoms with Crippen molar-refractivity contribution in [1.29, 1.82) is 0 Å². The molecule has 0 unspecified atom stereocenters. The van der Waals surface area contributed by atoms with E-state index in [1.165, 1.54) is 27.8 Å². The summed E-state index contributed by atoms with van der Waals surface area (Å²) in [5.74, 6) is 0. The summed E-state index contributed by atoms with van der Waals surface area (Å²) in [6.07, 6.45) is 3.75. The number of pyridine rings is 2. The number of hydrogen-bond donors (Lipinski definition) is 0. The Labute approximate surface area is 175 Å². The molecule has 0 saturated carbocycles. The molecule has 1 aliphatic carbocycles. The SMILES string of the molecule is Cc1ccnc(-c2c(C)ccc3c2oc2c4c(ccc23)C(C)(C)c2ncccc2-4)c1. The molecular formula is C27H22N2O. The maximum absolute atomic E-state index is 6.68. The number of hydrogen-bond acceptors (Lipinski definition) is 3. The van der Waals surface area contributed by atoms with E-state index in [9.17, 15) is 0 Å². The molecule has 0 amide bonds. The minimum atomic E-state index is -0.143. The van der Waals surface area contributed by atoms with Crippen LogP contribution in [0.1, 0.15) is 36.2 Å². The van der Waals surface area contributed by atoms with Gasteiger partial charge in [0.25, 0.3) is 0 Å². The van der Waals surface area contributed by atoms with Crippen LogP contribution >= 0.6 is 0 Å². The summed E-state index contributed by atoms with van der Waals surface area (Å²) >= 11 is 0. The lowest BCUT2D eigenvalue weighted by atomic mass is 9.85. The number of fused-ring (bicyclic) bond motifs is 7. The van der Waals surface area contributed by atoms with Crippen molar-refractivity contribution in [1.82, 2.24) is 9.97 Å². The van der Waals surface area contributed by atoms with Crippen LogP contribution in [0.2, 0.25) is 0 Å². The van der Waals surface area contributed by atoms with E-state index in [1.54, 1.807) is 0 Å². The third-order valence-corrected chi connectivity index (χ3v) is 6.53. The first kappa shape index (κ1) is 17.4. The predicted octanol–water partition coefficient (Wildman–Crippen LogP) is 6.97. The lowest BCUT2D eigenvalue weighted by Gasteiger charge is -2.19. The second kappa shape index (κ2) is 5.79. The van der Waals surface area contributed by atoms with Crippen molar-refractivity contribution in [2.24, 2.45) is 0 Å². The van der Waals surface area contributed by atoms with Gasteiger partial charge in [-0.05, 0) is 48.7 Å². The molecule has 3 heterocycles. The molecule has 0 saturated heterocycles. The van der Waals surface area contributed by atoms with Gasteiger partial charge < -0.3 is 4.42 Å². The van der Waals surface area contributed by atoms with Crippen LogP contribution in [0.4, 0.5) is 0 Å². The molecule has 0 fully saturated rings. The van der Waals surface area contributed by atoms with Crippen LogP contribution in [-0.4, -0.2) is 9.97 Å². The van der Waals surface area contributed by atoms with E-state index in [0.29, 0.717) is 0 Å². The molecule has 0 aliphatic heterocycles. The van der Waals surface area contributed by atoms with Gasteiger partial charge in [-0.15, -0.1) is 0 Å². The monoisotopic (exact) mass is 390 g/mol. The van der Waals surface area contributed by atoms with Gasteiger partial charge in [0.15, 0.2) is 0 Å². The van der Waals surface area contributed by atoms with Crippen LogP contribution in [0.15, 0.2) is 65.3 Å².